The van der Waals surface area contributed by atoms with Crippen LogP contribution in [0, 0.1) is 5.41 Å². The van der Waals surface area contributed by atoms with Crippen LogP contribution in [0.3, 0.4) is 0 Å². The first kappa shape index (κ1) is 16.4. The van der Waals surface area contributed by atoms with Gasteiger partial charge in [0.25, 0.3) is 0 Å². The lowest BCUT2D eigenvalue weighted by molar-refractivity contribution is -0.162. The average molecular weight is 276 g/mol. The van der Waals surface area contributed by atoms with Crippen molar-refractivity contribution in [1.82, 2.24) is 0 Å². The van der Waals surface area contributed by atoms with E-state index < -0.39 is 5.41 Å². The van der Waals surface area contributed by atoms with Gasteiger partial charge in [0.2, 0.25) is 0 Å². The Morgan fingerprint density at radius 3 is 2.05 bits per heavy atom. The first-order chi connectivity index (χ1) is 9.56. The van der Waals surface area contributed by atoms with Crippen molar-refractivity contribution >= 4 is 11.8 Å². The molecule has 1 aromatic carbocycles. The first-order valence-corrected chi connectivity index (χ1v) is 7.29. The third-order valence-electron chi connectivity index (χ3n) is 3.63. The van der Waals surface area contributed by atoms with Crippen LogP contribution in [-0.4, -0.2) is 11.8 Å². The summed E-state index contributed by atoms with van der Waals surface area (Å²) in [6.45, 7) is 5.69. The molecule has 20 heavy (non-hydrogen) atoms. The van der Waals surface area contributed by atoms with Gasteiger partial charge in [-0.05, 0) is 25.3 Å². The zero-order chi connectivity index (χ0) is 15.0. The van der Waals surface area contributed by atoms with E-state index in [2.05, 4.69) is 0 Å². The minimum Gasteiger partial charge on any atom is -0.460 e. The molecular weight excluding hydrogens is 252 g/mol. The average Bonchev–Trinajstić information content (AvgIpc) is 2.45. The highest BCUT2D eigenvalue weighted by atomic mass is 16.5. The largest absolute Gasteiger partial charge is 0.460 e. The number of carbonyl (C=O) groups is 2. The molecule has 0 bridgehead atoms. The fourth-order valence-corrected chi connectivity index (χ4v) is 2.54. The zero-order valence-corrected chi connectivity index (χ0v) is 12.6. The smallest absolute Gasteiger partial charge is 0.319 e. The predicted octanol–water partition coefficient (Wildman–Crippen LogP) is 3.91. The van der Waals surface area contributed by atoms with Crippen LogP contribution < -0.4 is 0 Å². The molecule has 0 saturated carbocycles. The molecule has 110 valence electrons. The number of hydrogen-bond acceptors (Lipinski definition) is 3. The van der Waals surface area contributed by atoms with Crippen LogP contribution in [0.15, 0.2) is 30.3 Å². The fourth-order valence-electron chi connectivity index (χ4n) is 2.54. The quantitative estimate of drug-likeness (QED) is 0.534. The maximum atomic E-state index is 12.4. The third kappa shape index (κ3) is 3.92. The highest BCUT2D eigenvalue weighted by molar-refractivity contribution is 6.02. The van der Waals surface area contributed by atoms with Gasteiger partial charge >= 0.3 is 5.97 Å². The Kier molecular flexibility index (Phi) is 6.43. The van der Waals surface area contributed by atoms with Gasteiger partial charge < -0.3 is 4.74 Å². The number of Topliss-reactive ketones (excluding diaryl/α,β-unsaturated/α-hetero) is 1. The summed E-state index contributed by atoms with van der Waals surface area (Å²) >= 11 is 0. The lowest BCUT2D eigenvalue weighted by Crippen LogP contribution is -2.39. The summed E-state index contributed by atoms with van der Waals surface area (Å²) in [4.78, 5) is 24.4. The van der Waals surface area contributed by atoms with Crippen molar-refractivity contribution in [3.63, 3.8) is 0 Å². The van der Waals surface area contributed by atoms with E-state index in [4.69, 9.17) is 4.74 Å². The van der Waals surface area contributed by atoms with Gasteiger partial charge in [0.15, 0.2) is 0 Å². The molecule has 0 radical (unpaired) electrons. The van der Waals surface area contributed by atoms with E-state index in [0.717, 1.165) is 18.4 Å². The van der Waals surface area contributed by atoms with Gasteiger partial charge in [-0.3, -0.25) is 9.59 Å². The molecule has 0 N–H and O–H groups in total. The second-order valence-electron chi connectivity index (χ2n) is 5.20. The summed E-state index contributed by atoms with van der Waals surface area (Å²) in [5.41, 5.74) is -0.0237. The number of esters is 1. The van der Waals surface area contributed by atoms with Gasteiger partial charge in [0, 0.05) is 0 Å². The molecule has 3 heteroatoms. The summed E-state index contributed by atoms with van der Waals surface area (Å²) in [6, 6.07) is 9.53. The standard InChI is InChI=1S/C17H24O3/c1-4-11-17(12-5-2,14(3)18)16(19)20-13-15-9-7-6-8-10-15/h6-10H,4-5,11-13H2,1-3H3. The van der Waals surface area contributed by atoms with Crippen LogP contribution in [0.4, 0.5) is 0 Å². The first-order valence-electron chi connectivity index (χ1n) is 7.29. The molecular formula is C17H24O3. The topological polar surface area (TPSA) is 43.4 Å². The van der Waals surface area contributed by atoms with E-state index >= 15 is 0 Å². The maximum Gasteiger partial charge on any atom is 0.319 e. The molecule has 0 aliphatic carbocycles. The van der Waals surface area contributed by atoms with Gasteiger partial charge in [0.1, 0.15) is 17.8 Å². The summed E-state index contributed by atoms with van der Waals surface area (Å²) in [7, 11) is 0. The Bertz CT molecular complexity index is 431. The Hall–Kier alpha value is -1.64. The molecule has 0 fully saturated rings. The Morgan fingerprint density at radius 1 is 1.05 bits per heavy atom. The van der Waals surface area contributed by atoms with Crippen LogP contribution in [0.5, 0.6) is 0 Å². The van der Waals surface area contributed by atoms with Crippen molar-refractivity contribution in [3.05, 3.63) is 35.9 Å². The summed E-state index contributed by atoms with van der Waals surface area (Å²) in [5, 5.41) is 0. The molecule has 3 nitrogen and oxygen atoms in total. The number of carbonyl (C=O) groups excluding carboxylic acids is 2. The Balaban J connectivity index is 2.80. The molecule has 0 unspecified atom stereocenters. The summed E-state index contributed by atoms with van der Waals surface area (Å²) in [6.07, 6.45) is 2.70. The van der Waals surface area contributed by atoms with Crippen molar-refractivity contribution in [3.8, 4) is 0 Å². The molecule has 0 aromatic heterocycles. The molecule has 1 aromatic rings. The fraction of sp³-hybridized carbons (Fsp3) is 0.529. The van der Waals surface area contributed by atoms with Crippen LogP contribution in [-0.2, 0) is 20.9 Å². The van der Waals surface area contributed by atoms with E-state index in [1.54, 1.807) is 0 Å². The van der Waals surface area contributed by atoms with Crippen LogP contribution in [0.2, 0.25) is 0 Å². The van der Waals surface area contributed by atoms with Gasteiger partial charge in [-0.25, -0.2) is 0 Å². The van der Waals surface area contributed by atoms with E-state index in [1.807, 2.05) is 44.2 Å². The number of rotatable bonds is 8. The van der Waals surface area contributed by atoms with Crippen LogP contribution >= 0.6 is 0 Å². The molecule has 0 atom stereocenters. The number of ether oxygens (including phenoxy) is 1. The normalized spacial score (nSPS) is 11.2. The summed E-state index contributed by atoms with van der Waals surface area (Å²) in [5.74, 6) is -0.461. The highest BCUT2D eigenvalue weighted by Crippen LogP contribution is 2.33. The van der Waals surface area contributed by atoms with Gasteiger partial charge in [-0.15, -0.1) is 0 Å². The van der Waals surface area contributed by atoms with Crippen molar-refractivity contribution in [1.29, 1.82) is 0 Å². The third-order valence-corrected chi connectivity index (χ3v) is 3.63. The maximum absolute atomic E-state index is 12.4. The molecule has 0 heterocycles. The predicted molar refractivity (Wildman–Crippen MR) is 79.2 cm³/mol. The Morgan fingerprint density at radius 2 is 1.60 bits per heavy atom. The van der Waals surface area contributed by atoms with Crippen molar-refractivity contribution < 1.29 is 14.3 Å². The molecule has 0 spiro atoms. The summed E-state index contributed by atoms with van der Waals surface area (Å²) < 4.78 is 5.40. The minimum absolute atomic E-state index is 0.0840. The van der Waals surface area contributed by atoms with Crippen molar-refractivity contribution in [2.45, 2.75) is 53.1 Å². The van der Waals surface area contributed by atoms with E-state index in [-0.39, 0.29) is 18.4 Å². The van der Waals surface area contributed by atoms with Crippen molar-refractivity contribution in [2.75, 3.05) is 0 Å². The lowest BCUT2D eigenvalue weighted by Gasteiger charge is -2.28. The zero-order valence-electron chi connectivity index (χ0n) is 12.6. The minimum atomic E-state index is -0.960. The van der Waals surface area contributed by atoms with E-state index in [9.17, 15) is 9.59 Å². The molecule has 0 aliphatic heterocycles. The highest BCUT2D eigenvalue weighted by Gasteiger charge is 2.42. The number of benzene rings is 1. The second kappa shape index (κ2) is 7.83. The number of hydrogen-bond donors (Lipinski definition) is 0. The van der Waals surface area contributed by atoms with Gasteiger partial charge in [0.05, 0.1) is 0 Å². The monoisotopic (exact) mass is 276 g/mol. The second-order valence-corrected chi connectivity index (χ2v) is 5.20. The van der Waals surface area contributed by atoms with Gasteiger partial charge in [-0.1, -0.05) is 57.0 Å². The lowest BCUT2D eigenvalue weighted by atomic mass is 9.76. The molecule has 1 rings (SSSR count). The number of ketones is 1. The SMILES string of the molecule is CCCC(CCC)(C(C)=O)C(=O)OCc1ccccc1. The van der Waals surface area contributed by atoms with E-state index in [0.29, 0.717) is 12.8 Å². The molecule has 0 aliphatic rings. The van der Waals surface area contributed by atoms with Crippen molar-refractivity contribution in [2.24, 2.45) is 5.41 Å². The van der Waals surface area contributed by atoms with E-state index in [1.165, 1.54) is 6.92 Å². The van der Waals surface area contributed by atoms with Crippen LogP contribution in [0.25, 0.3) is 0 Å². The van der Waals surface area contributed by atoms with Gasteiger partial charge in [-0.2, -0.15) is 0 Å². The Labute approximate surface area is 121 Å². The van der Waals surface area contributed by atoms with Crippen LogP contribution in [0.1, 0.15) is 52.0 Å². The molecule has 0 saturated heterocycles. The molecule has 0 amide bonds.